The highest BCUT2D eigenvalue weighted by molar-refractivity contribution is 5.94. The van der Waals surface area contributed by atoms with E-state index in [9.17, 15) is 4.79 Å². The summed E-state index contributed by atoms with van der Waals surface area (Å²) < 4.78 is 3.66. The van der Waals surface area contributed by atoms with E-state index in [1.807, 2.05) is 41.1 Å². The predicted molar refractivity (Wildman–Crippen MR) is 103 cm³/mol. The van der Waals surface area contributed by atoms with E-state index in [-0.39, 0.29) is 11.9 Å². The van der Waals surface area contributed by atoms with E-state index in [4.69, 9.17) is 0 Å². The zero-order valence-electron chi connectivity index (χ0n) is 15.1. The van der Waals surface area contributed by atoms with Gasteiger partial charge in [-0.3, -0.25) is 9.36 Å². The number of hydrogen-bond donors (Lipinski definition) is 1. The first kappa shape index (κ1) is 17.6. The number of aromatic nitrogens is 6. The highest BCUT2D eigenvalue weighted by Gasteiger charge is 2.16. The number of aryl methyl sites for hydroxylation is 1. The Morgan fingerprint density at radius 1 is 1.04 bits per heavy atom. The first-order valence-corrected chi connectivity index (χ1v) is 8.92. The molecule has 140 valence electrons. The van der Waals surface area contributed by atoms with Crippen LogP contribution in [0.4, 0.5) is 0 Å². The monoisotopic (exact) mass is 373 g/mol. The van der Waals surface area contributed by atoms with Gasteiger partial charge in [0, 0.05) is 30.7 Å². The summed E-state index contributed by atoms with van der Waals surface area (Å²) in [4.78, 5) is 21.2. The van der Waals surface area contributed by atoms with Gasteiger partial charge in [0.1, 0.15) is 18.5 Å². The normalized spacial score (nSPS) is 11.9. The van der Waals surface area contributed by atoms with Crippen molar-refractivity contribution < 1.29 is 4.79 Å². The maximum absolute atomic E-state index is 12.9. The van der Waals surface area contributed by atoms with Crippen molar-refractivity contribution in [3.63, 3.8) is 0 Å². The molecule has 3 heterocycles. The first-order valence-electron chi connectivity index (χ1n) is 8.92. The summed E-state index contributed by atoms with van der Waals surface area (Å²) in [6, 6.07) is 13.2. The summed E-state index contributed by atoms with van der Waals surface area (Å²) in [6.45, 7) is 0.752. The minimum Gasteiger partial charge on any atom is -0.345 e. The van der Waals surface area contributed by atoms with Crippen LogP contribution >= 0.6 is 0 Å². The molecule has 0 spiro atoms. The summed E-state index contributed by atoms with van der Waals surface area (Å²) in [5.41, 5.74) is 1.59. The number of amides is 1. The van der Waals surface area contributed by atoms with Gasteiger partial charge in [-0.1, -0.05) is 30.3 Å². The van der Waals surface area contributed by atoms with Gasteiger partial charge in [0.05, 0.1) is 12.4 Å². The molecule has 1 N–H and O–H groups in total. The fourth-order valence-corrected chi connectivity index (χ4v) is 2.97. The lowest BCUT2D eigenvalue weighted by molar-refractivity contribution is 0.0933. The van der Waals surface area contributed by atoms with Gasteiger partial charge in [-0.25, -0.2) is 9.97 Å². The van der Waals surface area contributed by atoms with Crippen LogP contribution in [0, 0.1) is 0 Å². The number of nitrogens with zero attached hydrogens (tertiary/aromatic N) is 6. The van der Waals surface area contributed by atoms with Gasteiger partial charge in [-0.05, 0) is 24.1 Å². The second-order valence-electron chi connectivity index (χ2n) is 6.30. The lowest BCUT2D eigenvalue weighted by atomic mass is 10.0. The Hall–Kier alpha value is -3.81. The predicted octanol–water partition coefficient (Wildman–Crippen LogP) is 2.42. The van der Waals surface area contributed by atoms with Crippen LogP contribution in [0.5, 0.6) is 0 Å². The van der Waals surface area contributed by atoms with Gasteiger partial charge in [0.2, 0.25) is 0 Å². The van der Waals surface area contributed by atoms with E-state index < -0.39 is 0 Å². The summed E-state index contributed by atoms with van der Waals surface area (Å²) in [5.74, 6) is 0.434. The summed E-state index contributed by atoms with van der Waals surface area (Å²) in [7, 11) is 0. The van der Waals surface area contributed by atoms with E-state index in [2.05, 4.69) is 25.5 Å². The molecule has 0 aliphatic carbocycles. The molecule has 0 unspecified atom stereocenters. The second kappa shape index (κ2) is 8.26. The molecule has 8 nitrogen and oxygen atoms in total. The highest BCUT2D eigenvalue weighted by Crippen LogP contribution is 2.19. The molecule has 4 rings (SSSR count). The SMILES string of the molecule is O=C(N[C@H](CCn1ccnc1)c1ccccc1)c1ccnc(-n2cnnc2)c1. The van der Waals surface area contributed by atoms with Gasteiger partial charge in [0.15, 0.2) is 0 Å². The molecule has 3 aromatic heterocycles. The van der Waals surface area contributed by atoms with Crippen molar-refractivity contribution in [3.8, 4) is 5.82 Å². The topological polar surface area (TPSA) is 90.5 Å². The van der Waals surface area contributed by atoms with E-state index in [0.29, 0.717) is 11.4 Å². The molecule has 8 heteroatoms. The molecule has 0 saturated heterocycles. The zero-order chi connectivity index (χ0) is 19.2. The van der Waals surface area contributed by atoms with E-state index in [1.165, 1.54) is 0 Å². The Morgan fingerprint density at radius 3 is 2.61 bits per heavy atom. The van der Waals surface area contributed by atoms with Crippen LogP contribution in [0.25, 0.3) is 5.82 Å². The molecule has 0 saturated carbocycles. The molecule has 0 fully saturated rings. The first-order chi connectivity index (χ1) is 13.8. The minimum atomic E-state index is -0.156. The zero-order valence-corrected chi connectivity index (χ0v) is 15.1. The molecule has 1 aromatic carbocycles. The molecule has 28 heavy (non-hydrogen) atoms. The molecule has 0 radical (unpaired) electrons. The van der Waals surface area contributed by atoms with Crippen LogP contribution in [-0.2, 0) is 6.54 Å². The average molecular weight is 373 g/mol. The summed E-state index contributed by atoms with van der Waals surface area (Å²) in [5, 5.41) is 10.7. The molecule has 0 aliphatic rings. The van der Waals surface area contributed by atoms with E-state index in [0.717, 1.165) is 18.5 Å². The van der Waals surface area contributed by atoms with Crippen molar-refractivity contribution in [1.82, 2.24) is 34.6 Å². The number of hydrogen-bond acceptors (Lipinski definition) is 5. The maximum atomic E-state index is 12.9. The average Bonchev–Trinajstić information content (AvgIpc) is 3.46. The molecule has 4 aromatic rings. The van der Waals surface area contributed by atoms with Crippen molar-refractivity contribution in [2.75, 3.05) is 0 Å². The Balaban J connectivity index is 1.52. The lowest BCUT2D eigenvalue weighted by Gasteiger charge is -2.20. The number of carbonyl (C=O) groups is 1. The van der Waals surface area contributed by atoms with Crippen molar-refractivity contribution >= 4 is 5.91 Å². The van der Waals surface area contributed by atoms with Crippen LogP contribution < -0.4 is 5.32 Å². The number of carbonyl (C=O) groups excluding carboxylic acids is 1. The number of rotatable bonds is 7. The van der Waals surface area contributed by atoms with Gasteiger partial charge in [0.25, 0.3) is 5.91 Å². The van der Waals surface area contributed by atoms with Crippen molar-refractivity contribution in [3.05, 3.63) is 91.2 Å². The van der Waals surface area contributed by atoms with Crippen molar-refractivity contribution in [1.29, 1.82) is 0 Å². The van der Waals surface area contributed by atoms with E-state index >= 15 is 0 Å². The van der Waals surface area contributed by atoms with Crippen LogP contribution in [0.15, 0.2) is 80.0 Å². The number of nitrogens with one attached hydrogen (secondary N) is 1. The minimum absolute atomic E-state index is 0.123. The van der Waals surface area contributed by atoms with Crippen molar-refractivity contribution in [2.24, 2.45) is 0 Å². The van der Waals surface area contributed by atoms with Crippen molar-refractivity contribution in [2.45, 2.75) is 19.0 Å². The molecule has 1 amide bonds. The van der Waals surface area contributed by atoms with Crippen LogP contribution in [0.1, 0.15) is 28.4 Å². The number of benzene rings is 1. The molecular formula is C20H19N7O. The third-order valence-electron chi connectivity index (χ3n) is 4.43. The fourth-order valence-electron chi connectivity index (χ4n) is 2.97. The Morgan fingerprint density at radius 2 is 1.86 bits per heavy atom. The number of pyridine rings is 1. The molecule has 0 aliphatic heterocycles. The van der Waals surface area contributed by atoms with Gasteiger partial charge in [-0.2, -0.15) is 0 Å². The van der Waals surface area contributed by atoms with E-state index in [1.54, 1.807) is 48.1 Å². The van der Waals surface area contributed by atoms with Gasteiger partial charge >= 0.3 is 0 Å². The Bertz CT molecular complexity index is 1010. The fraction of sp³-hybridized carbons (Fsp3) is 0.150. The summed E-state index contributed by atoms with van der Waals surface area (Å²) >= 11 is 0. The summed E-state index contributed by atoms with van der Waals surface area (Å²) in [6.07, 6.45) is 10.9. The third-order valence-corrected chi connectivity index (χ3v) is 4.43. The lowest BCUT2D eigenvalue weighted by Crippen LogP contribution is -2.29. The molecule has 1 atom stereocenters. The Kier molecular flexibility index (Phi) is 5.19. The largest absolute Gasteiger partial charge is 0.345 e. The smallest absolute Gasteiger partial charge is 0.251 e. The van der Waals surface area contributed by atoms with Crippen LogP contribution in [-0.4, -0.2) is 35.2 Å². The van der Waals surface area contributed by atoms with Gasteiger partial charge in [-0.15, -0.1) is 10.2 Å². The maximum Gasteiger partial charge on any atom is 0.251 e. The standard InChI is InChI=1S/C20H19N7O/c28-20(17-6-8-22-19(12-17)27-14-23-24-15-27)25-18(16-4-2-1-3-5-16)7-10-26-11-9-21-13-26/h1-6,8-9,11-15,18H,7,10H2,(H,25,28)/t18-/m1/s1. The second-order valence-corrected chi connectivity index (χ2v) is 6.30. The van der Waals surface area contributed by atoms with Crippen LogP contribution in [0.3, 0.4) is 0 Å². The van der Waals surface area contributed by atoms with Gasteiger partial charge < -0.3 is 9.88 Å². The highest BCUT2D eigenvalue weighted by atomic mass is 16.1. The van der Waals surface area contributed by atoms with Crippen LogP contribution in [0.2, 0.25) is 0 Å². The molecular weight excluding hydrogens is 354 g/mol. The molecule has 0 bridgehead atoms. The quantitative estimate of drug-likeness (QED) is 0.537. The Labute approximate surface area is 161 Å². The number of imidazole rings is 1. The third kappa shape index (κ3) is 4.12.